The molecule has 154 valence electrons. The lowest BCUT2D eigenvalue weighted by molar-refractivity contribution is -0.135. The van der Waals surface area contributed by atoms with Crippen molar-refractivity contribution in [3.05, 3.63) is 24.3 Å². The Kier molecular flexibility index (Phi) is 4.59. The molecule has 5 amide bonds. The van der Waals surface area contributed by atoms with Gasteiger partial charge in [0.05, 0.1) is 11.4 Å². The lowest BCUT2D eigenvalue weighted by Crippen LogP contribution is -2.60. The summed E-state index contributed by atoms with van der Waals surface area (Å²) >= 11 is 0. The van der Waals surface area contributed by atoms with Gasteiger partial charge in [-0.2, -0.15) is 0 Å². The second-order valence-corrected chi connectivity index (χ2v) is 8.58. The van der Waals surface area contributed by atoms with Gasteiger partial charge in [-0.1, -0.05) is 37.8 Å². The third kappa shape index (κ3) is 3.07. The highest BCUT2D eigenvalue weighted by Crippen LogP contribution is 2.37. The summed E-state index contributed by atoms with van der Waals surface area (Å²) < 4.78 is 0. The van der Waals surface area contributed by atoms with Gasteiger partial charge >= 0.3 is 6.03 Å². The Morgan fingerprint density at radius 2 is 1.69 bits per heavy atom. The molecule has 29 heavy (non-hydrogen) atoms. The fraction of sp³-hybridized carbons (Fsp3) is 0.524. The number of hydrogen-bond acceptors (Lipinski definition) is 4. The first-order valence-electron chi connectivity index (χ1n) is 10.1. The summed E-state index contributed by atoms with van der Waals surface area (Å²) in [5.41, 5.74) is -0.952. The molecule has 2 N–H and O–H groups in total. The average Bonchev–Trinajstić information content (AvgIpc) is 2.83. The van der Waals surface area contributed by atoms with Gasteiger partial charge in [0.25, 0.3) is 5.91 Å². The summed E-state index contributed by atoms with van der Waals surface area (Å²) in [5, 5.41) is 5.66. The Balaban J connectivity index is 1.61. The third-order valence-electron chi connectivity index (χ3n) is 6.25. The van der Waals surface area contributed by atoms with Gasteiger partial charge in [0.15, 0.2) is 0 Å². The molecule has 1 aromatic carbocycles. The normalized spacial score (nSPS) is 22.8. The maximum absolute atomic E-state index is 13.3. The van der Waals surface area contributed by atoms with Crippen LogP contribution >= 0.6 is 0 Å². The Morgan fingerprint density at radius 3 is 2.38 bits per heavy atom. The van der Waals surface area contributed by atoms with Crippen LogP contribution in [0.5, 0.6) is 0 Å². The monoisotopic (exact) mass is 398 g/mol. The standard InChI is InChI=1S/C21H26N4O4/c1-20(2)17(27)22-14-9-5-6-10-15(14)25(20)16(26)13-24-18(28)21(23-19(24)29)11-7-3-4-8-12-21/h5-6,9-10H,3-4,7-8,11-13H2,1-2H3,(H,22,27)(H,23,29). The first-order valence-corrected chi connectivity index (χ1v) is 10.1. The van der Waals surface area contributed by atoms with Crippen molar-refractivity contribution in [2.75, 3.05) is 16.8 Å². The third-order valence-corrected chi connectivity index (χ3v) is 6.25. The molecule has 1 saturated carbocycles. The summed E-state index contributed by atoms with van der Waals surface area (Å²) in [5.74, 6) is -1.11. The highest BCUT2D eigenvalue weighted by molar-refractivity contribution is 6.16. The zero-order valence-electron chi connectivity index (χ0n) is 16.8. The number of urea groups is 1. The number of amides is 5. The van der Waals surface area contributed by atoms with Crippen LogP contribution in [-0.2, 0) is 14.4 Å². The van der Waals surface area contributed by atoms with Crippen molar-refractivity contribution in [2.45, 2.75) is 63.5 Å². The molecule has 1 aliphatic carbocycles. The molecule has 0 atom stereocenters. The molecule has 2 heterocycles. The second kappa shape index (κ2) is 6.86. The van der Waals surface area contributed by atoms with E-state index in [1.165, 1.54) is 4.90 Å². The Bertz CT molecular complexity index is 886. The zero-order valence-corrected chi connectivity index (χ0v) is 16.8. The summed E-state index contributed by atoms with van der Waals surface area (Å²) in [7, 11) is 0. The first kappa shape index (κ1) is 19.4. The van der Waals surface area contributed by atoms with Crippen molar-refractivity contribution in [3.63, 3.8) is 0 Å². The predicted molar refractivity (Wildman–Crippen MR) is 107 cm³/mol. The molecule has 0 radical (unpaired) electrons. The maximum Gasteiger partial charge on any atom is 0.325 e. The summed E-state index contributed by atoms with van der Waals surface area (Å²) in [4.78, 5) is 54.0. The van der Waals surface area contributed by atoms with Crippen molar-refractivity contribution >= 4 is 35.1 Å². The van der Waals surface area contributed by atoms with Crippen LogP contribution in [-0.4, -0.2) is 46.3 Å². The molecule has 8 heteroatoms. The second-order valence-electron chi connectivity index (χ2n) is 8.58. The Morgan fingerprint density at radius 1 is 1.03 bits per heavy atom. The number of para-hydroxylation sites is 2. The molecule has 0 aromatic heterocycles. The number of rotatable bonds is 2. The van der Waals surface area contributed by atoms with Crippen molar-refractivity contribution in [3.8, 4) is 0 Å². The fourth-order valence-electron chi connectivity index (χ4n) is 4.60. The van der Waals surface area contributed by atoms with Gasteiger partial charge in [-0.3, -0.25) is 24.2 Å². The van der Waals surface area contributed by atoms with Gasteiger partial charge in [-0.25, -0.2) is 4.79 Å². The minimum Gasteiger partial charge on any atom is -0.323 e. The largest absolute Gasteiger partial charge is 0.325 e. The zero-order chi connectivity index (χ0) is 20.8. The average molecular weight is 398 g/mol. The van der Waals surface area contributed by atoms with Gasteiger partial charge < -0.3 is 10.6 Å². The minimum absolute atomic E-state index is 0.318. The molecule has 0 bridgehead atoms. The molecular formula is C21H26N4O4. The fourth-order valence-corrected chi connectivity index (χ4v) is 4.60. The minimum atomic E-state index is -1.15. The van der Waals surface area contributed by atoms with E-state index in [0.717, 1.165) is 30.6 Å². The van der Waals surface area contributed by atoms with Crippen LogP contribution in [0, 0.1) is 0 Å². The summed E-state index contributed by atoms with van der Waals surface area (Å²) in [6, 6.07) is 6.48. The van der Waals surface area contributed by atoms with Crippen molar-refractivity contribution in [1.82, 2.24) is 10.2 Å². The van der Waals surface area contributed by atoms with E-state index in [-0.39, 0.29) is 11.8 Å². The van der Waals surface area contributed by atoms with Crippen LogP contribution in [0.1, 0.15) is 52.4 Å². The number of nitrogens with zero attached hydrogens (tertiary/aromatic N) is 2. The number of fused-ring (bicyclic) bond motifs is 1. The highest BCUT2D eigenvalue weighted by atomic mass is 16.2. The molecule has 2 fully saturated rings. The Hall–Kier alpha value is -2.90. The molecule has 4 rings (SSSR count). The SMILES string of the molecule is CC1(C)C(=O)Nc2ccccc2N1C(=O)CN1C(=O)NC2(CCCCCC2)C1=O. The molecule has 1 aromatic rings. The van der Waals surface area contributed by atoms with Crippen molar-refractivity contribution in [1.29, 1.82) is 0 Å². The van der Waals surface area contributed by atoms with E-state index in [0.29, 0.717) is 24.2 Å². The van der Waals surface area contributed by atoms with Crippen molar-refractivity contribution < 1.29 is 19.2 Å². The Labute approximate surface area is 169 Å². The smallest absolute Gasteiger partial charge is 0.323 e. The number of carbonyl (C=O) groups is 4. The van der Waals surface area contributed by atoms with E-state index < -0.39 is 29.6 Å². The number of anilines is 2. The maximum atomic E-state index is 13.3. The quantitative estimate of drug-likeness (QED) is 0.748. The predicted octanol–water partition coefficient (Wildman–Crippen LogP) is 2.40. The number of carbonyl (C=O) groups excluding carboxylic acids is 4. The van der Waals surface area contributed by atoms with E-state index in [4.69, 9.17) is 0 Å². The number of imide groups is 1. The molecule has 8 nitrogen and oxygen atoms in total. The summed E-state index contributed by atoms with van der Waals surface area (Å²) in [6.45, 7) is 2.90. The van der Waals surface area contributed by atoms with E-state index in [9.17, 15) is 19.2 Å². The van der Waals surface area contributed by atoms with Gasteiger partial charge in [0.2, 0.25) is 11.8 Å². The van der Waals surface area contributed by atoms with Gasteiger partial charge in [0, 0.05) is 0 Å². The highest BCUT2D eigenvalue weighted by Gasteiger charge is 2.52. The topological polar surface area (TPSA) is 98.8 Å². The van der Waals surface area contributed by atoms with E-state index in [1.54, 1.807) is 38.1 Å². The first-order chi connectivity index (χ1) is 13.8. The number of benzene rings is 1. The van der Waals surface area contributed by atoms with Crippen LogP contribution in [0.25, 0.3) is 0 Å². The van der Waals surface area contributed by atoms with Crippen molar-refractivity contribution in [2.24, 2.45) is 0 Å². The lowest BCUT2D eigenvalue weighted by Gasteiger charge is -2.42. The molecule has 3 aliphatic rings. The molecule has 2 aliphatic heterocycles. The van der Waals surface area contributed by atoms with Gasteiger partial charge in [0.1, 0.15) is 17.6 Å². The van der Waals surface area contributed by atoms with Crippen LogP contribution < -0.4 is 15.5 Å². The molecule has 0 unspecified atom stereocenters. The van der Waals surface area contributed by atoms with Crippen LogP contribution in [0.15, 0.2) is 24.3 Å². The molecule has 1 saturated heterocycles. The van der Waals surface area contributed by atoms with Gasteiger partial charge in [-0.15, -0.1) is 0 Å². The molecular weight excluding hydrogens is 372 g/mol. The number of hydrogen-bond donors (Lipinski definition) is 2. The van der Waals surface area contributed by atoms with Crippen LogP contribution in [0.2, 0.25) is 0 Å². The van der Waals surface area contributed by atoms with Gasteiger partial charge in [-0.05, 0) is 38.8 Å². The lowest BCUT2D eigenvalue weighted by atomic mass is 9.90. The van der Waals surface area contributed by atoms with E-state index >= 15 is 0 Å². The number of nitrogens with one attached hydrogen (secondary N) is 2. The van der Waals surface area contributed by atoms with Crippen LogP contribution in [0.3, 0.4) is 0 Å². The van der Waals surface area contributed by atoms with Crippen LogP contribution in [0.4, 0.5) is 16.2 Å². The summed E-state index contributed by atoms with van der Waals surface area (Å²) in [6.07, 6.45) is 5.03. The molecule has 1 spiro atoms. The van der Waals surface area contributed by atoms with E-state index in [1.807, 2.05) is 0 Å². The van der Waals surface area contributed by atoms with E-state index in [2.05, 4.69) is 10.6 Å².